The smallest absolute Gasteiger partial charge is 0.253 e. The summed E-state index contributed by atoms with van der Waals surface area (Å²) in [5.41, 5.74) is 6.42. The zero-order valence-electron chi connectivity index (χ0n) is 10.00. The number of rotatable bonds is 5. The molecule has 1 amide bonds. The van der Waals surface area contributed by atoms with Gasteiger partial charge in [0.1, 0.15) is 0 Å². The molecule has 0 saturated heterocycles. The number of nitrogens with one attached hydrogen (secondary N) is 1. The maximum absolute atomic E-state index is 11.9. The Morgan fingerprint density at radius 2 is 2.29 bits per heavy atom. The molecule has 0 aromatic heterocycles. The van der Waals surface area contributed by atoms with Gasteiger partial charge >= 0.3 is 0 Å². The Bertz CT molecular complexity index is 396. The highest BCUT2D eigenvalue weighted by molar-refractivity contribution is 6.36. The molecule has 1 aromatic rings. The van der Waals surface area contributed by atoms with Crippen LogP contribution in [-0.2, 0) is 4.74 Å². The van der Waals surface area contributed by atoms with Crippen molar-refractivity contribution in [1.29, 1.82) is 0 Å². The van der Waals surface area contributed by atoms with E-state index >= 15 is 0 Å². The van der Waals surface area contributed by atoms with Gasteiger partial charge in [-0.25, -0.2) is 0 Å². The summed E-state index contributed by atoms with van der Waals surface area (Å²) in [5, 5.41) is 3.08. The van der Waals surface area contributed by atoms with Gasteiger partial charge in [-0.05, 0) is 26.0 Å². The van der Waals surface area contributed by atoms with Crippen molar-refractivity contribution in [1.82, 2.24) is 5.32 Å². The minimum atomic E-state index is -0.241. The fourth-order valence-electron chi connectivity index (χ4n) is 1.36. The Morgan fingerprint density at radius 3 is 2.94 bits per heavy atom. The predicted octanol–water partition coefficient (Wildman–Crippen LogP) is 2.08. The number of nitrogens with two attached hydrogens (primary N) is 1. The lowest BCUT2D eigenvalue weighted by Gasteiger charge is -2.14. The first-order valence-corrected chi connectivity index (χ1v) is 5.86. The van der Waals surface area contributed by atoms with E-state index in [2.05, 4.69) is 5.32 Å². The average molecular weight is 257 g/mol. The van der Waals surface area contributed by atoms with Gasteiger partial charge in [-0.15, -0.1) is 0 Å². The average Bonchev–Trinajstić information content (AvgIpc) is 2.29. The normalized spacial score (nSPS) is 12.2. The van der Waals surface area contributed by atoms with Crippen molar-refractivity contribution in [3.05, 3.63) is 28.8 Å². The molecule has 1 unspecified atom stereocenters. The van der Waals surface area contributed by atoms with Crippen LogP contribution in [0.15, 0.2) is 18.2 Å². The number of carbonyl (C=O) groups excluding carboxylic acids is 1. The number of benzene rings is 1. The molecule has 0 aliphatic rings. The maximum atomic E-state index is 11.9. The zero-order valence-corrected chi connectivity index (χ0v) is 10.8. The van der Waals surface area contributed by atoms with Crippen molar-refractivity contribution in [3.8, 4) is 0 Å². The molecule has 1 aromatic carbocycles. The second kappa shape index (κ2) is 6.47. The van der Waals surface area contributed by atoms with Crippen LogP contribution in [0.2, 0.25) is 5.02 Å². The molecule has 0 spiro atoms. The van der Waals surface area contributed by atoms with Crippen LogP contribution in [-0.4, -0.2) is 25.2 Å². The van der Waals surface area contributed by atoms with Gasteiger partial charge in [0.05, 0.1) is 22.9 Å². The quantitative estimate of drug-likeness (QED) is 0.793. The van der Waals surface area contributed by atoms with Crippen LogP contribution >= 0.6 is 11.6 Å². The molecule has 0 fully saturated rings. The Balaban J connectivity index is 2.67. The summed E-state index contributed by atoms with van der Waals surface area (Å²) in [5.74, 6) is -0.241. The van der Waals surface area contributed by atoms with E-state index < -0.39 is 0 Å². The standard InChI is InChI=1S/C12H17ClN2O2/c1-3-17-7-8(2)15-12(16)9-5-4-6-10(14)11(9)13/h4-6,8H,3,7,14H2,1-2H3,(H,15,16). The summed E-state index contributed by atoms with van der Waals surface area (Å²) in [7, 11) is 0. The van der Waals surface area contributed by atoms with Gasteiger partial charge in [-0.1, -0.05) is 17.7 Å². The highest BCUT2D eigenvalue weighted by atomic mass is 35.5. The summed E-state index contributed by atoms with van der Waals surface area (Å²) in [4.78, 5) is 11.9. The fourth-order valence-corrected chi connectivity index (χ4v) is 1.57. The summed E-state index contributed by atoms with van der Waals surface area (Å²) in [6, 6.07) is 4.92. The number of amides is 1. The third-order valence-electron chi connectivity index (χ3n) is 2.22. The third kappa shape index (κ3) is 3.91. The van der Waals surface area contributed by atoms with Gasteiger partial charge in [-0.3, -0.25) is 4.79 Å². The third-order valence-corrected chi connectivity index (χ3v) is 2.64. The number of hydrogen-bond donors (Lipinski definition) is 2. The Kier molecular flexibility index (Phi) is 5.25. The number of halogens is 1. The van der Waals surface area contributed by atoms with Crippen LogP contribution in [0.5, 0.6) is 0 Å². The van der Waals surface area contributed by atoms with Crippen molar-refractivity contribution < 1.29 is 9.53 Å². The van der Waals surface area contributed by atoms with Crippen LogP contribution in [0.1, 0.15) is 24.2 Å². The number of carbonyl (C=O) groups is 1. The minimum absolute atomic E-state index is 0.0695. The van der Waals surface area contributed by atoms with E-state index in [1.807, 2.05) is 13.8 Å². The largest absolute Gasteiger partial charge is 0.398 e. The first-order chi connectivity index (χ1) is 8.06. The Labute approximate surface area is 106 Å². The summed E-state index contributed by atoms with van der Waals surface area (Å²) >= 11 is 5.96. The predicted molar refractivity (Wildman–Crippen MR) is 69.3 cm³/mol. The van der Waals surface area contributed by atoms with Crippen molar-refractivity contribution in [3.63, 3.8) is 0 Å². The monoisotopic (exact) mass is 256 g/mol. The first kappa shape index (κ1) is 13.8. The van der Waals surface area contributed by atoms with E-state index in [0.29, 0.717) is 24.5 Å². The van der Waals surface area contributed by atoms with Gasteiger partial charge in [-0.2, -0.15) is 0 Å². The second-order valence-electron chi connectivity index (χ2n) is 3.74. The molecule has 1 atom stereocenters. The first-order valence-electron chi connectivity index (χ1n) is 5.48. The number of anilines is 1. The molecule has 3 N–H and O–H groups in total. The molecule has 17 heavy (non-hydrogen) atoms. The summed E-state index contributed by atoms with van der Waals surface area (Å²) in [6.07, 6.45) is 0. The molecule has 94 valence electrons. The molecule has 0 aliphatic carbocycles. The highest BCUT2D eigenvalue weighted by Crippen LogP contribution is 2.22. The van der Waals surface area contributed by atoms with Crippen molar-refractivity contribution in [2.24, 2.45) is 0 Å². The molecule has 0 saturated carbocycles. The lowest BCUT2D eigenvalue weighted by molar-refractivity contribution is 0.0872. The van der Waals surface area contributed by atoms with Crippen LogP contribution in [0.3, 0.4) is 0 Å². The van der Waals surface area contributed by atoms with Crippen LogP contribution < -0.4 is 11.1 Å². The fraction of sp³-hybridized carbons (Fsp3) is 0.417. The van der Waals surface area contributed by atoms with Gasteiger partial charge < -0.3 is 15.8 Å². The van der Waals surface area contributed by atoms with Crippen LogP contribution in [0.4, 0.5) is 5.69 Å². The van der Waals surface area contributed by atoms with Gasteiger partial charge in [0.15, 0.2) is 0 Å². The SMILES string of the molecule is CCOCC(C)NC(=O)c1cccc(N)c1Cl. The zero-order chi connectivity index (χ0) is 12.8. The van der Waals surface area contributed by atoms with E-state index in [1.54, 1.807) is 18.2 Å². The van der Waals surface area contributed by atoms with E-state index in [4.69, 9.17) is 22.1 Å². The molecular formula is C12H17ClN2O2. The molecule has 5 heteroatoms. The maximum Gasteiger partial charge on any atom is 0.253 e. The minimum Gasteiger partial charge on any atom is -0.398 e. The van der Waals surface area contributed by atoms with Gasteiger partial charge in [0.25, 0.3) is 5.91 Å². The molecule has 4 nitrogen and oxygen atoms in total. The lowest BCUT2D eigenvalue weighted by Crippen LogP contribution is -2.36. The molecular weight excluding hydrogens is 240 g/mol. The van der Waals surface area contributed by atoms with E-state index in [0.717, 1.165) is 0 Å². The number of nitrogen functional groups attached to an aromatic ring is 1. The summed E-state index contributed by atoms with van der Waals surface area (Å²) < 4.78 is 5.21. The van der Waals surface area contributed by atoms with Gasteiger partial charge in [0, 0.05) is 12.6 Å². The van der Waals surface area contributed by atoms with E-state index in [9.17, 15) is 4.79 Å². The highest BCUT2D eigenvalue weighted by Gasteiger charge is 2.14. The molecule has 1 rings (SSSR count). The van der Waals surface area contributed by atoms with Gasteiger partial charge in [0.2, 0.25) is 0 Å². The van der Waals surface area contributed by atoms with Crippen molar-refractivity contribution in [2.45, 2.75) is 19.9 Å². The van der Waals surface area contributed by atoms with E-state index in [-0.39, 0.29) is 17.0 Å². The van der Waals surface area contributed by atoms with Crippen molar-refractivity contribution in [2.75, 3.05) is 18.9 Å². The number of ether oxygens (including phenoxy) is 1. The molecule has 0 bridgehead atoms. The summed E-state index contributed by atoms with van der Waals surface area (Å²) in [6.45, 7) is 4.87. The second-order valence-corrected chi connectivity index (χ2v) is 4.12. The van der Waals surface area contributed by atoms with Crippen molar-refractivity contribution >= 4 is 23.2 Å². The van der Waals surface area contributed by atoms with Crippen LogP contribution in [0, 0.1) is 0 Å². The van der Waals surface area contributed by atoms with E-state index in [1.165, 1.54) is 0 Å². The van der Waals surface area contributed by atoms with Crippen LogP contribution in [0.25, 0.3) is 0 Å². The number of hydrogen-bond acceptors (Lipinski definition) is 3. The molecule has 0 aliphatic heterocycles. The Morgan fingerprint density at radius 1 is 1.59 bits per heavy atom. The molecule has 0 radical (unpaired) electrons. The topological polar surface area (TPSA) is 64.3 Å². The lowest BCUT2D eigenvalue weighted by atomic mass is 10.2. The molecule has 0 heterocycles. The Hall–Kier alpha value is -1.26.